The lowest BCUT2D eigenvalue weighted by atomic mass is 9.98. The normalized spacial score (nSPS) is 23.2. The summed E-state index contributed by atoms with van der Waals surface area (Å²) in [7, 11) is 0. The van der Waals surface area contributed by atoms with Crippen LogP contribution in [-0.2, 0) is 4.74 Å². The van der Waals surface area contributed by atoms with Gasteiger partial charge in [-0.25, -0.2) is 9.48 Å². The molecule has 0 saturated carbocycles. The van der Waals surface area contributed by atoms with Crippen molar-refractivity contribution >= 4 is 22.0 Å². The van der Waals surface area contributed by atoms with E-state index in [1.165, 1.54) is 0 Å². The number of rotatable bonds is 1. The van der Waals surface area contributed by atoms with Crippen LogP contribution in [0.5, 0.6) is 0 Å². The molecular formula is C14H23BrN4O2. The zero-order valence-electron chi connectivity index (χ0n) is 13.3. The third kappa shape index (κ3) is 3.75. The molecule has 2 atom stereocenters. The van der Waals surface area contributed by atoms with E-state index in [0.29, 0.717) is 6.54 Å². The number of piperidine rings is 1. The fraction of sp³-hybridized carbons (Fsp3) is 0.786. The third-order valence-electron chi connectivity index (χ3n) is 3.69. The van der Waals surface area contributed by atoms with Crippen molar-refractivity contribution in [3.8, 4) is 0 Å². The summed E-state index contributed by atoms with van der Waals surface area (Å²) in [5.74, 6) is 0. The predicted molar refractivity (Wildman–Crippen MR) is 83.1 cm³/mol. The third-order valence-corrected chi connectivity index (χ3v) is 4.43. The molecule has 0 aromatic carbocycles. The van der Waals surface area contributed by atoms with Crippen LogP contribution in [0.4, 0.5) is 4.79 Å². The molecule has 0 spiro atoms. The Morgan fingerprint density at radius 2 is 2.10 bits per heavy atom. The van der Waals surface area contributed by atoms with Gasteiger partial charge in [-0.15, -0.1) is 5.10 Å². The van der Waals surface area contributed by atoms with Gasteiger partial charge < -0.3 is 9.64 Å². The van der Waals surface area contributed by atoms with Gasteiger partial charge in [0.1, 0.15) is 5.60 Å². The number of hydrogen-bond donors (Lipinski definition) is 0. The summed E-state index contributed by atoms with van der Waals surface area (Å²) in [5, 5.41) is 8.23. The number of ether oxygens (including phenoxy) is 1. The molecule has 1 amide bonds. The lowest BCUT2D eigenvalue weighted by Gasteiger charge is -2.38. The molecule has 1 aliphatic heterocycles. The lowest BCUT2D eigenvalue weighted by Crippen LogP contribution is -2.47. The van der Waals surface area contributed by atoms with E-state index in [-0.39, 0.29) is 18.2 Å². The van der Waals surface area contributed by atoms with E-state index in [4.69, 9.17) is 4.74 Å². The number of nitrogens with zero attached hydrogens (tertiary/aromatic N) is 4. The first-order valence-corrected chi connectivity index (χ1v) is 8.05. The summed E-state index contributed by atoms with van der Waals surface area (Å²) in [6.07, 6.45) is 1.49. The topological polar surface area (TPSA) is 60.2 Å². The Balaban J connectivity index is 2.02. The van der Waals surface area contributed by atoms with E-state index in [1.54, 1.807) is 0 Å². The molecule has 7 heteroatoms. The summed E-state index contributed by atoms with van der Waals surface area (Å²) < 4.78 is 8.19. The van der Waals surface area contributed by atoms with Gasteiger partial charge in [0.25, 0.3) is 0 Å². The van der Waals surface area contributed by atoms with Gasteiger partial charge in [-0.1, -0.05) is 5.21 Å². The van der Waals surface area contributed by atoms with Crippen LogP contribution in [0.2, 0.25) is 0 Å². The largest absolute Gasteiger partial charge is 0.444 e. The molecule has 2 rings (SSSR count). The molecule has 0 aliphatic carbocycles. The van der Waals surface area contributed by atoms with Crippen LogP contribution in [0, 0.1) is 6.92 Å². The molecule has 118 valence electrons. The lowest BCUT2D eigenvalue weighted by molar-refractivity contribution is 0.00715. The molecule has 1 aromatic heterocycles. The summed E-state index contributed by atoms with van der Waals surface area (Å²) in [5.41, 5.74) is 0.569. The summed E-state index contributed by atoms with van der Waals surface area (Å²) in [6, 6.07) is 0.401. The minimum Gasteiger partial charge on any atom is -0.444 e. The number of halogens is 1. The van der Waals surface area contributed by atoms with Gasteiger partial charge in [-0.05, 0) is 63.4 Å². The maximum absolute atomic E-state index is 12.2. The van der Waals surface area contributed by atoms with Crippen LogP contribution >= 0.6 is 15.9 Å². The van der Waals surface area contributed by atoms with Crippen LogP contribution in [0.15, 0.2) is 4.60 Å². The Labute approximate surface area is 134 Å². The summed E-state index contributed by atoms with van der Waals surface area (Å²) in [6.45, 7) is 10.4. The second-order valence-corrected chi connectivity index (χ2v) is 7.36. The van der Waals surface area contributed by atoms with Crippen molar-refractivity contribution in [2.75, 3.05) is 6.54 Å². The van der Waals surface area contributed by atoms with E-state index in [9.17, 15) is 4.79 Å². The smallest absolute Gasteiger partial charge is 0.410 e. The van der Waals surface area contributed by atoms with Crippen molar-refractivity contribution in [2.24, 2.45) is 0 Å². The first-order valence-electron chi connectivity index (χ1n) is 7.26. The summed E-state index contributed by atoms with van der Waals surface area (Å²) >= 11 is 3.39. The number of hydrogen-bond acceptors (Lipinski definition) is 4. The number of aromatic nitrogens is 3. The Hall–Kier alpha value is -1.11. The average Bonchev–Trinajstić information content (AvgIpc) is 2.67. The highest BCUT2D eigenvalue weighted by atomic mass is 79.9. The van der Waals surface area contributed by atoms with Gasteiger partial charge in [0.15, 0.2) is 4.60 Å². The molecule has 1 aromatic rings. The Bertz CT molecular complexity index is 524. The van der Waals surface area contributed by atoms with Gasteiger partial charge >= 0.3 is 6.09 Å². The number of likely N-dealkylation sites (tertiary alicyclic amines) is 1. The zero-order chi connectivity index (χ0) is 15.8. The van der Waals surface area contributed by atoms with Crippen molar-refractivity contribution in [1.82, 2.24) is 19.9 Å². The monoisotopic (exact) mass is 358 g/mol. The Kier molecular flexibility index (Phi) is 4.60. The molecule has 0 radical (unpaired) electrons. The van der Waals surface area contributed by atoms with Crippen molar-refractivity contribution in [2.45, 2.75) is 65.1 Å². The molecule has 21 heavy (non-hydrogen) atoms. The van der Waals surface area contributed by atoms with E-state index >= 15 is 0 Å². The maximum Gasteiger partial charge on any atom is 0.410 e. The number of carbonyl (C=O) groups is 1. The van der Waals surface area contributed by atoms with Gasteiger partial charge in [0.2, 0.25) is 0 Å². The highest BCUT2D eigenvalue weighted by molar-refractivity contribution is 9.10. The molecule has 0 N–H and O–H groups in total. The Morgan fingerprint density at radius 1 is 1.43 bits per heavy atom. The van der Waals surface area contributed by atoms with E-state index in [2.05, 4.69) is 33.2 Å². The standard InChI is InChI=1S/C14H23BrN4O2/c1-9-8-11(19-10(2)12(15)16-17-19)6-7-18(9)13(20)21-14(3,4)5/h9,11H,6-8H2,1-5H3/t9-,11-/m0/s1. The second-order valence-electron chi connectivity index (χ2n) is 6.61. The molecule has 1 aliphatic rings. The minimum absolute atomic E-state index is 0.126. The first kappa shape index (κ1) is 16.3. The van der Waals surface area contributed by atoms with Gasteiger partial charge in [0.05, 0.1) is 11.7 Å². The number of amides is 1. The van der Waals surface area contributed by atoms with Gasteiger partial charge in [-0.2, -0.15) is 0 Å². The Morgan fingerprint density at radius 3 is 2.57 bits per heavy atom. The van der Waals surface area contributed by atoms with Crippen LogP contribution in [0.25, 0.3) is 0 Å². The van der Waals surface area contributed by atoms with Gasteiger partial charge in [-0.3, -0.25) is 0 Å². The SMILES string of the molecule is Cc1c(Br)nnn1[C@H]1CCN(C(=O)OC(C)(C)C)[C@@H](C)C1. The van der Waals surface area contributed by atoms with Crippen LogP contribution < -0.4 is 0 Å². The molecule has 1 fully saturated rings. The van der Waals surface area contributed by atoms with Crippen molar-refractivity contribution in [3.63, 3.8) is 0 Å². The van der Waals surface area contributed by atoms with Crippen LogP contribution in [0.3, 0.4) is 0 Å². The van der Waals surface area contributed by atoms with Gasteiger partial charge in [0, 0.05) is 12.6 Å². The van der Waals surface area contributed by atoms with Crippen LogP contribution in [-0.4, -0.2) is 44.2 Å². The van der Waals surface area contributed by atoms with E-state index < -0.39 is 5.60 Å². The molecular weight excluding hydrogens is 336 g/mol. The summed E-state index contributed by atoms with van der Waals surface area (Å²) in [4.78, 5) is 14.0. The van der Waals surface area contributed by atoms with Crippen LogP contribution in [0.1, 0.15) is 52.3 Å². The highest BCUT2D eigenvalue weighted by Gasteiger charge is 2.33. The van der Waals surface area contributed by atoms with E-state index in [1.807, 2.05) is 37.3 Å². The molecule has 2 heterocycles. The van der Waals surface area contributed by atoms with Crippen molar-refractivity contribution in [1.29, 1.82) is 0 Å². The average molecular weight is 359 g/mol. The fourth-order valence-electron chi connectivity index (χ4n) is 2.63. The minimum atomic E-state index is -0.457. The highest BCUT2D eigenvalue weighted by Crippen LogP contribution is 2.29. The van der Waals surface area contributed by atoms with Crippen molar-refractivity contribution in [3.05, 3.63) is 10.3 Å². The molecule has 0 bridgehead atoms. The molecule has 0 unspecified atom stereocenters. The van der Waals surface area contributed by atoms with Crippen molar-refractivity contribution < 1.29 is 9.53 Å². The predicted octanol–water partition coefficient (Wildman–Crippen LogP) is 3.31. The first-order chi connectivity index (χ1) is 9.69. The molecule has 1 saturated heterocycles. The quantitative estimate of drug-likeness (QED) is 0.772. The maximum atomic E-state index is 12.2. The fourth-order valence-corrected chi connectivity index (χ4v) is 2.88. The second kappa shape index (κ2) is 5.94. The molecule has 6 nitrogen and oxygen atoms in total. The number of carbonyl (C=O) groups excluding carboxylic acids is 1. The zero-order valence-corrected chi connectivity index (χ0v) is 14.8. The van der Waals surface area contributed by atoms with E-state index in [0.717, 1.165) is 23.1 Å².